The lowest BCUT2D eigenvalue weighted by Crippen LogP contribution is -3.13. The first-order valence-electron chi connectivity index (χ1n) is 8.03. The molecule has 1 aliphatic rings. The third-order valence-electron chi connectivity index (χ3n) is 4.17. The monoisotopic (exact) mass is 343 g/mol. The fourth-order valence-corrected chi connectivity index (χ4v) is 3.21. The predicted molar refractivity (Wildman–Crippen MR) is 91.6 cm³/mol. The van der Waals surface area contributed by atoms with Gasteiger partial charge in [0.2, 0.25) is 10.6 Å². The van der Waals surface area contributed by atoms with E-state index in [2.05, 4.69) is 0 Å². The Hall–Kier alpha value is -2.22. The first kappa shape index (κ1) is 15.3. The Morgan fingerprint density at radius 2 is 1.88 bits per heavy atom. The number of nitrogens with one attached hydrogen (secondary N) is 1. The quantitative estimate of drug-likeness (QED) is 0.730. The molecule has 1 aliphatic heterocycles. The second kappa shape index (κ2) is 6.72. The van der Waals surface area contributed by atoms with Gasteiger partial charge < -0.3 is 14.1 Å². The molecule has 0 unspecified atom stereocenters. The van der Waals surface area contributed by atoms with Crippen LogP contribution >= 0.6 is 12.2 Å². The summed E-state index contributed by atoms with van der Waals surface area (Å²) >= 11 is 5.71. The molecule has 0 aliphatic carbocycles. The summed E-state index contributed by atoms with van der Waals surface area (Å²) in [5.74, 6) is 1.43. The van der Waals surface area contributed by atoms with E-state index in [-0.39, 0.29) is 0 Å². The van der Waals surface area contributed by atoms with Crippen LogP contribution in [0.4, 0.5) is 0 Å². The van der Waals surface area contributed by atoms with Crippen LogP contribution in [0.3, 0.4) is 0 Å². The molecule has 7 heteroatoms. The second-order valence-electron chi connectivity index (χ2n) is 5.77. The first-order chi connectivity index (χ1) is 11.8. The molecular formula is C17H19N4O2S+. The van der Waals surface area contributed by atoms with Crippen LogP contribution in [0.15, 0.2) is 53.1 Å². The molecule has 6 nitrogen and oxygen atoms in total. The lowest BCUT2D eigenvalue weighted by atomic mass is 10.3. The number of morpholine rings is 1. The summed E-state index contributed by atoms with van der Waals surface area (Å²) in [6.45, 7) is 4.24. The van der Waals surface area contributed by atoms with E-state index in [0.717, 1.165) is 44.5 Å². The van der Waals surface area contributed by atoms with E-state index in [1.165, 1.54) is 4.90 Å². The molecule has 0 radical (unpaired) electrons. The van der Waals surface area contributed by atoms with Crippen molar-refractivity contribution in [2.24, 2.45) is 0 Å². The van der Waals surface area contributed by atoms with Crippen LogP contribution in [0.5, 0.6) is 0 Å². The molecule has 0 spiro atoms. The minimum absolute atomic E-state index is 0.673. The summed E-state index contributed by atoms with van der Waals surface area (Å²) in [7, 11) is 0. The van der Waals surface area contributed by atoms with Crippen LogP contribution in [0.1, 0.15) is 0 Å². The molecule has 24 heavy (non-hydrogen) atoms. The second-order valence-corrected chi connectivity index (χ2v) is 6.14. The first-order valence-corrected chi connectivity index (χ1v) is 8.44. The average Bonchev–Trinajstić information content (AvgIpc) is 3.26. The minimum atomic E-state index is 0.673. The van der Waals surface area contributed by atoms with Gasteiger partial charge in [0.05, 0.1) is 25.2 Å². The van der Waals surface area contributed by atoms with Crippen molar-refractivity contribution in [1.82, 2.24) is 14.3 Å². The van der Waals surface area contributed by atoms with E-state index < -0.39 is 0 Å². The fraction of sp³-hybridized carbons (Fsp3) is 0.294. The van der Waals surface area contributed by atoms with Crippen molar-refractivity contribution >= 4 is 12.2 Å². The molecule has 1 saturated heterocycles. The van der Waals surface area contributed by atoms with Crippen molar-refractivity contribution in [1.29, 1.82) is 0 Å². The van der Waals surface area contributed by atoms with Gasteiger partial charge >= 0.3 is 0 Å². The largest absolute Gasteiger partial charge is 0.461 e. The van der Waals surface area contributed by atoms with Crippen LogP contribution in [0.2, 0.25) is 0 Å². The van der Waals surface area contributed by atoms with Gasteiger partial charge in [0, 0.05) is 0 Å². The molecule has 0 amide bonds. The number of hydrogen-bond donors (Lipinski definition) is 1. The highest BCUT2D eigenvalue weighted by molar-refractivity contribution is 7.71. The molecule has 3 heterocycles. The maximum atomic E-state index is 5.71. The summed E-state index contributed by atoms with van der Waals surface area (Å²) in [6, 6.07) is 13.8. The smallest absolute Gasteiger partial charge is 0.207 e. The van der Waals surface area contributed by atoms with E-state index in [1.807, 2.05) is 51.7 Å². The lowest BCUT2D eigenvalue weighted by molar-refractivity contribution is -0.930. The zero-order valence-electron chi connectivity index (χ0n) is 13.2. The Kier molecular flexibility index (Phi) is 4.29. The van der Waals surface area contributed by atoms with Crippen LogP contribution in [-0.2, 0) is 11.4 Å². The van der Waals surface area contributed by atoms with E-state index >= 15 is 0 Å². The molecule has 0 saturated carbocycles. The zero-order chi connectivity index (χ0) is 16.4. The Morgan fingerprint density at radius 1 is 1.08 bits per heavy atom. The number of quaternary nitrogens is 1. The van der Waals surface area contributed by atoms with Gasteiger partial charge in [-0.05, 0) is 36.5 Å². The van der Waals surface area contributed by atoms with Crippen LogP contribution in [0.25, 0.3) is 17.3 Å². The van der Waals surface area contributed by atoms with Gasteiger partial charge in [0.1, 0.15) is 13.1 Å². The molecule has 2 aromatic heterocycles. The van der Waals surface area contributed by atoms with Crippen molar-refractivity contribution in [3.8, 4) is 17.3 Å². The number of aromatic nitrogens is 3. The normalized spacial score (nSPS) is 15.7. The van der Waals surface area contributed by atoms with E-state index in [1.54, 1.807) is 6.26 Å². The summed E-state index contributed by atoms with van der Waals surface area (Å²) in [4.78, 5) is 1.42. The minimum Gasteiger partial charge on any atom is -0.461 e. The van der Waals surface area contributed by atoms with Crippen molar-refractivity contribution < 1.29 is 14.1 Å². The van der Waals surface area contributed by atoms with Gasteiger partial charge in [0.25, 0.3) is 0 Å². The third-order valence-corrected chi connectivity index (χ3v) is 4.56. The highest BCUT2D eigenvalue weighted by Gasteiger charge is 2.20. The van der Waals surface area contributed by atoms with Gasteiger partial charge in [-0.15, -0.1) is 5.10 Å². The third kappa shape index (κ3) is 2.93. The number of furan rings is 1. The number of hydrogen-bond acceptors (Lipinski definition) is 4. The van der Waals surface area contributed by atoms with E-state index in [9.17, 15) is 0 Å². The summed E-state index contributed by atoms with van der Waals surface area (Å²) in [5.41, 5.74) is 0.983. The maximum Gasteiger partial charge on any atom is 0.207 e. The Bertz CT molecular complexity index is 849. The van der Waals surface area contributed by atoms with Gasteiger partial charge in [-0.25, -0.2) is 0 Å². The maximum absolute atomic E-state index is 5.71. The molecule has 3 aromatic rings. The Balaban J connectivity index is 1.77. The highest BCUT2D eigenvalue weighted by Crippen LogP contribution is 2.22. The summed E-state index contributed by atoms with van der Waals surface area (Å²) in [6.07, 6.45) is 1.65. The highest BCUT2D eigenvalue weighted by atomic mass is 32.1. The van der Waals surface area contributed by atoms with Crippen LogP contribution in [0, 0.1) is 4.77 Å². The number of ether oxygens (including phenoxy) is 1. The van der Waals surface area contributed by atoms with Crippen molar-refractivity contribution in [3.63, 3.8) is 0 Å². The van der Waals surface area contributed by atoms with Gasteiger partial charge in [-0.3, -0.25) is 4.57 Å². The molecule has 1 N–H and O–H groups in total. The van der Waals surface area contributed by atoms with E-state index in [4.69, 9.17) is 26.5 Å². The molecule has 1 fully saturated rings. The van der Waals surface area contributed by atoms with E-state index in [0.29, 0.717) is 10.5 Å². The van der Waals surface area contributed by atoms with Crippen LogP contribution < -0.4 is 4.90 Å². The topological polar surface area (TPSA) is 49.6 Å². The Labute approximate surface area is 144 Å². The SMILES string of the molecule is S=c1n(C[NH+]2CCOCC2)nc(-c2ccco2)n1-c1ccccc1. The molecule has 1 aromatic carbocycles. The lowest BCUT2D eigenvalue weighted by Gasteiger charge is -2.23. The molecular weight excluding hydrogens is 324 g/mol. The van der Waals surface area contributed by atoms with Gasteiger partial charge in [0.15, 0.2) is 12.4 Å². The summed E-state index contributed by atoms with van der Waals surface area (Å²) < 4.78 is 15.5. The van der Waals surface area contributed by atoms with Gasteiger partial charge in [-0.2, -0.15) is 4.68 Å². The van der Waals surface area contributed by atoms with Crippen molar-refractivity contribution in [2.45, 2.75) is 6.67 Å². The zero-order valence-corrected chi connectivity index (χ0v) is 14.0. The molecule has 124 valence electrons. The molecule has 0 atom stereocenters. The van der Waals surface area contributed by atoms with Crippen molar-refractivity contribution in [2.75, 3.05) is 26.3 Å². The summed E-state index contributed by atoms with van der Waals surface area (Å²) in [5, 5.41) is 4.74. The van der Waals surface area contributed by atoms with Gasteiger partial charge in [-0.1, -0.05) is 18.2 Å². The number of para-hydroxylation sites is 1. The number of rotatable bonds is 4. The molecule has 4 rings (SSSR count). The number of benzene rings is 1. The van der Waals surface area contributed by atoms with Crippen molar-refractivity contribution in [3.05, 3.63) is 53.5 Å². The standard InChI is InChI=1S/C17H18N4O2S/c24-17-20(13-19-8-11-22-12-9-19)18-16(15-7-4-10-23-15)21(17)14-5-2-1-3-6-14/h1-7,10H,8-9,11-13H2/p+1. The molecule has 0 bridgehead atoms. The number of nitrogens with zero attached hydrogens (tertiary/aromatic N) is 3. The predicted octanol–water partition coefficient (Wildman–Crippen LogP) is 1.54. The Morgan fingerprint density at radius 3 is 2.58 bits per heavy atom. The fourth-order valence-electron chi connectivity index (χ4n) is 2.92. The van der Waals surface area contributed by atoms with Crippen LogP contribution in [-0.4, -0.2) is 40.7 Å². The average molecular weight is 343 g/mol.